The standard InChI is InChI=1S/C34H37Cl2N3O4/c1-20-29(33(40)42-3)31(23-11-5-7-13-26(23)36)30(21(2)38-20)34(41)43-18-10-4-9-17-37-32-24-12-6-8-14-27(24)39-28-19-22(35)15-16-25(28)32/h5,7,11,13,15-16,19,29,31H,4,6,8-10,12,14,17-18H2,1-3H3,(H,37,39). The van der Waals surface area contributed by atoms with Crippen LogP contribution in [0.2, 0.25) is 10.0 Å². The zero-order valence-corrected chi connectivity index (χ0v) is 26.4. The van der Waals surface area contributed by atoms with Crippen molar-refractivity contribution in [1.29, 1.82) is 0 Å². The number of aryl methyl sites for hydroxylation is 1. The first-order valence-corrected chi connectivity index (χ1v) is 15.7. The van der Waals surface area contributed by atoms with E-state index in [-0.39, 0.29) is 6.61 Å². The number of pyridine rings is 1. The average molecular weight is 623 g/mol. The van der Waals surface area contributed by atoms with Gasteiger partial charge in [0.1, 0.15) is 5.92 Å². The smallest absolute Gasteiger partial charge is 0.336 e. The van der Waals surface area contributed by atoms with Crippen LogP contribution < -0.4 is 5.32 Å². The molecular formula is C34H37Cl2N3O4. The molecule has 7 nitrogen and oxygen atoms in total. The Bertz CT molecular complexity index is 1600. The lowest BCUT2D eigenvalue weighted by atomic mass is 9.75. The van der Waals surface area contributed by atoms with E-state index in [4.69, 9.17) is 37.7 Å². The van der Waals surface area contributed by atoms with Gasteiger partial charge in [-0.25, -0.2) is 4.79 Å². The van der Waals surface area contributed by atoms with E-state index in [1.165, 1.54) is 30.5 Å². The third kappa shape index (κ3) is 6.73. The van der Waals surface area contributed by atoms with Crippen LogP contribution >= 0.6 is 23.2 Å². The minimum Gasteiger partial charge on any atom is -0.468 e. The minimum absolute atomic E-state index is 0.266. The Labute approximate surface area is 262 Å². The Kier molecular flexibility index (Phi) is 10.0. The summed E-state index contributed by atoms with van der Waals surface area (Å²) in [5.74, 6) is -2.37. The summed E-state index contributed by atoms with van der Waals surface area (Å²) in [5, 5.41) is 5.94. The van der Waals surface area contributed by atoms with Crippen molar-refractivity contribution in [2.24, 2.45) is 10.9 Å². The molecule has 0 bridgehead atoms. The van der Waals surface area contributed by atoms with Crippen LogP contribution in [0.25, 0.3) is 10.9 Å². The Morgan fingerprint density at radius 2 is 1.81 bits per heavy atom. The van der Waals surface area contributed by atoms with Gasteiger partial charge in [0.25, 0.3) is 0 Å². The third-order valence-electron chi connectivity index (χ3n) is 8.32. The Morgan fingerprint density at radius 3 is 2.60 bits per heavy atom. The van der Waals surface area contributed by atoms with E-state index in [0.29, 0.717) is 39.0 Å². The second-order valence-electron chi connectivity index (χ2n) is 11.2. The topological polar surface area (TPSA) is 89.9 Å². The summed E-state index contributed by atoms with van der Waals surface area (Å²) >= 11 is 12.8. The van der Waals surface area contributed by atoms with Crippen molar-refractivity contribution in [3.8, 4) is 0 Å². The lowest BCUT2D eigenvalue weighted by Gasteiger charge is -2.31. The van der Waals surface area contributed by atoms with Crippen LogP contribution in [-0.2, 0) is 31.9 Å². The number of hydrogen-bond donors (Lipinski definition) is 1. The van der Waals surface area contributed by atoms with E-state index in [9.17, 15) is 9.59 Å². The number of hydrogen-bond acceptors (Lipinski definition) is 7. The van der Waals surface area contributed by atoms with Gasteiger partial charge in [0.2, 0.25) is 0 Å². The number of ether oxygens (including phenoxy) is 2. The quantitative estimate of drug-likeness (QED) is 0.183. The first kappa shape index (κ1) is 31.0. The van der Waals surface area contributed by atoms with Crippen LogP contribution in [-0.4, -0.2) is 42.9 Å². The van der Waals surface area contributed by atoms with Gasteiger partial charge >= 0.3 is 11.9 Å². The number of nitrogens with one attached hydrogen (secondary N) is 1. The number of carbonyl (C=O) groups is 2. The SMILES string of the molecule is COC(=O)C1C(C)=NC(C)=C(C(=O)OCCCCCNc2c3c(nc4cc(Cl)ccc24)CCCC3)C1c1ccccc1Cl. The normalized spacial score (nSPS) is 18.2. The summed E-state index contributed by atoms with van der Waals surface area (Å²) in [5.41, 5.74) is 6.69. The summed E-state index contributed by atoms with van der Waals surface area (Å²) in [4.78, 5) is 35.7. The number of benzene rings is 2. The second-order valence-corrected chi connectivity index (χ2v) is 12.0. The number of allylic oxidation sites excluding steroid dienone is 1. The second kappa shape index (κ2) is 13.9. The molecule has 0 fully saturated rings. The molecule has 1 N–H and O–H groups in total. The summed E-state index contributed by atoms with van der Waals surface area (Å²) in [7, 11) is 1.33. The first-order chi connectivity index (χ1) is 20.8. The van der Waals surface area contributed by atoms with Crippen LogP contribution in [0.15, 0.2) is 58.7 Å². The molecule has 1 aliphatic heterocycles. The maximum Gasteiger partial charge on any atom is 0.336 e. The molecule has 0 radical (unpaired) electrons. The molecule has 2 atom stereocenters. The van der Waals surface area contributed by atoms with Gasteiger partial charge < -0.3 is 14.8 Å². The molecule has 2 aromatic carbocycles. The van der Waals surface area contributed by atoms with E-state index in [1.807, 2.05) is 30.3 Å². The molecule has 2 aliphatic rings. The summed E-state index contributed by atoms with van der Waals surface area (Å²) in [6.07, 6.45) is 6.87. The molecule has 1 aliphatic carbocycles. The maximum absolute atomic E-state index is 13.5. The Morgan fingerprint density at radius 1 is 1.02 bits per heavy atom. The molecule has 0 saturated carbocycles. The molecule has 226 valence electrons. The summed E-state index contributed by atoms with van der Waals surface area (Å²) < 4.78 is 10.8. The highest BCUT2D eigenvalue weighted by Gasteiger charge is 2.43. The van der Waals surface area contributed by atoms with E-state index in [2.05, 4.69) is 16.4 Å². The molecule has 2 unspecified atom stereocenters. The van der Waals surface area contributed by atoms with Crippen LogP contribution in [0.5, 0.6) is 0 Å². The highest BCUT2D eigenvalue weighted by atomic mass is 35.5. The van der Waals surface area contributed by atoms with Gasteiger partial charge in [-0.2, -0.15) is 0 Å². The van der Waals surface area contributed by atoms with Gasteiger partial charge in [-0.15, -0.1) is 0 Å². The lowest BCUT2D eigenvalue weighted by molar-refractivity contribution is -0.144. The van der Waals surface area contributed by atoms with Crippen molar-refractivity contribution < 1.29 is 19.1 Å². The molecule has 0 spiro atoms. The van der Waals surface area contributed by atoms with Crippen LogP contribution in [0.1, 0.15) is 68.7 Å². The molecule has 43 heavy (non-hydrogen) atoms. The molecule has 1 aromatic heterocycles. The molecular weight excluding hydrogens is 585 g/mol. The zero-order chi connectivity index (χ0) is 30.5. The molecule has 2 heterocycles. The molecule has 0 amide bonds. The van der Waals surface area contributed by atoms with E-state index < -0.39 is 23.8 Å². The number of halogens is 2. The Balaban J connectivity index is 1.20. The van der Waals surface area contributed by atoms with Gasteiger partial charge in [0, 0.05) is 50.7 Å². The van der Waals surface area contributed by atoms with E-state index in [0.717, 1.165) is 49.6 Å². The predicted octanol–water partition coefficient (Wildman–Crippen LogP) is 7.87. The van der Waals surface area contributed by atoms with Crippen LogP contribution in [0, 0.1) is 5.92 Å². The van der Waals surface area contributed by atoms with Crippen molar-refractivity contribution >= 4 is 57.4 Å². The maximum atomic E-state index is 13.5. The molecule has 0 saturated heterocycles. The van der Waals surface area contributed by atoms with E-state index >= 15 is 0 Å². The van der Waals surface area contributed by atoms with Gasteiger partial charge in [0.05, 0.1) is 24.8 Å². The zero-order valence-electron chi connectivity index (χ0n) is 24.8. The van der Waals surface area contributed by atoms with E-state index in [1.54, 1.807) is 19.9 Å². The van der Waals surface area contributed by atoms with Gasteiger partial charge in [0.15, 0.2) is 0 Å². The Hall–Kier alpha value is -3.42. The number of rotatable bonds is 10. The highest BCUT2D eigenvalue weighted by molar-refractivity contribution is 6.32. The molecule has 3 aromatic rings. The number of anilines is 1. The number of methoxy groups -OCH3 is 1. The van der Waals surface area contributed by atoms with Gasteiger partial charge in [-0.05, 0) is 94.2 Å². The molecule has 5 rings (SSSR count). The fourth-order valence-electron chi connectivity index (χ4n) is 6.26. The number of aliphatic imine (C=N–C) groups is 1. The average Bonchev–Trinajstić information content (AvgIpc) is 2.99. The van der Waals surface area contributed by atoms with Gasteiger partial charge in [-0.3, -0.25) is 14.8 Å². The van der Waals surface area contributed by atoms with Gasteiger partial charge in [-0.1, -0.05) is 41.4 Å². The number of unbranched alkanes of at least 4 members (excludes halogenated alkanes) is 2. The summed E-state index contributed by atoms with van der Waals surface area (Å²) in [6, 6.07) is 13.1. The monoisotopic (exact) mass is 621 g/mol. The first-order valence-electron chi connectivity index (χ1n) is 14.9. The fraction of sp³-hybridized carbons (Fsp3) is 0.412. The van der Waals surface area contributed by atoms with Crippen molar-refractivity contribution in [1.82, 2.24) is 4.98 Å². The van der Waals surface area contributed by atoms with Crippen molar-refractivity contribution in [3.63, 3.8) is 0 Å². The third-order valence-corrected chi connectivity index (χ3v) is 8.90. The van der Waals surface area contributed by atoms with Crippen LogP contribution in [0.4, 0.5) is 5.69 Å². The molecule has 9 heteroatoms. The highest BCUT2D eigenvalue weighted by Crippen LogP contribution is 2.42. The summed E-state index contributed by atoms with van der Waals surface area (Å²) in [6.45, 7) is 4.60. The lowest BCUT2D eigenvalue weighted by Crippen LogP contribution is -2.36. The number of carbonyl (C=O) groups excluding carboxylic acids is 2. The largest absolute Gasteiger partial charge is 0.468 e. The van der Waals surface area contributed by atoms with Crippen molar-refractivity contribution in [2.75, 3.05) is 25.6 Å². The number of fused-ring (bicyclic) bond motifs is 2. The number of esters is 2. The van der Waals surface area contributed by atoms with Crippen LogP contribution in [0.3, 0.4) is 0 Å². The minimum atomic E-state index is -0.770. The van der Waals surface area contributed by atoms with Crippen molar-refractivity contribution in [3.05, 3.63) is 80.6 Å². The predicted molar refractivity (Wildman–Crippen MR) is 172 cm³/mol. The van der Waals surface area contributed by atoms with Crippen molar-refractivity contribution in [2.45, 2.75) is 64.7 Å². The number of aromatic nitrogens is 1. The number of nitrogens with zero attached hydrogens (tertiary/aromatic N) is 2. The fourth-order valence-corrected chi connectivity index (χ4v) is 6.68.